The molecule has 2 amide bonds. The summed E-state index contributed by atoms with van der Waals surface area (Å²) in [5.74, 6) is 0. The van der Waals surface area contributed by atoms with Crippen molar-refractivity contribution in [2.75, 3.05) is 44.2 Å². The summed E-state index contributed by atoms with van der Waals surface area (Å²) in [7, 11) is 0. The topological polar surface area (TPSA) is 52.6 Å². The fourth-order valence-corrected chi connectivity index (χ4v) is 2.94. The largest absolute Gasteiger partial charge is 0.343 e. The van der Waals surface area contributed by atoms with Gasteiger partial charge in [0.25, 0.3) is 0 Å². The average Bonchev–Trinajstić information content (AvgIpc) is 2.87. The number of amides is 2. The number of aromatic nitrogens is 2. The van der Waals surface area contributed by atoms with Gasteiger partial charge in [0.15, 0.2) is 0 Å². The number of hydrogen-bond acceptors (Lipinski definition) is 5. The van der Waals surface area contributed by atoms with Gasteiger partial charge in [-0.1, -0.05) is 11.3 Å². The summed E-state index contributed by atoms with van der Waals surface area (Å²) >= 11 is 1.61. The molecule has 0 aliphatic carbocycles. The number of nitrogens with zero attached hydrogens (tertiary/aromatic N) is 5. The van der Waals surface area contributed by atoms with Crippen LogP contribution in [0.5, 0.6) is 0 Å². The fraction of sp³-hybridized carbons (Fsp3) is 0.750. The molecule has 106 valence electrons. The van der Waals surface area contributed by atoms with Gasteiger partial charge in [0.2, 0.25) is 5.13 Å². The van der Waals surface area contributed by atoms with Crippen LogP contribution in [0.2, 0.25) is 0 Å². The number of carbonyl (C=O) groups excluding carboxylic acids is 1. The second-order valence-electron chi connectivity index (χ2n) is 4.53. The Morgan fingerprint density at radius 1 is 1.21 bits per heavy atom. The predicted octanol–water partition coefficient (Wildman–Crippen LogP) is 1.43. The van der Waals surface area contributed by atoms with Crippen LogP contribution in [0, 0.1) is 6.92 Å². The number of carbonyl (C=O) groups is 1. The van der Waals surface area contributed by atoms with Gasteiger partial charge in [-0.3, -0.25) is 0 Å². The average molecular weight is 283 g/mol. The molecule has 0 spiro atoms. The Bertz CT molecular complexity index is 424. The van der Waals surface area contributed by atoms with E-state index >= 15 is 0 Å². The summed E-state index contributed by atoms with van der Waals surface area (Å²) in [5, 5.41) is 10.1. The lowest BCUT2D eigenvalue weighted by molar-refractivity contribution is 0.154. The Kier molecular flexibility index (Phi) is 4.57. The molecule has 0 bridgehead atoms. The lowest BCUT2D eigenvalue weighted by Gasteiger charge is -2.36. The molecule has 1 fully saturated rings. The van der Waals surface area contributed by atoms with Crippen molar-refractivity contribution in [2.45, 2.75) is 20.8 Å². The molecular weight excluding hydrogens is 262 g/mol. The molecular formula is C12H21N5OS. The zero-order valence-electron chi connectivity index (χ0n) is 11.8. The molecule has 0 saturated carbocycles. The van der Waals surface area contributed by atoms with Gasteiger partial charge in [-0.25, -0.2) is 4.79 Å². The summed E-state index contributed by atoms with van der Waals surface area (Å²) in [4.78, 5) is 18.2. The number of rotatable bonds is 3. The Morgan fingerprint density at radius 2 is 1.84 bits per heavy atom. The molecule has 0 aromatic carbocycles. The summed E-state index contributed by atoms with van der Waals surface area (Å²) < 4.78 is 0. The first-order chi connectivity index (χ1) is 9.15. The Hall–Kier alpha value is -1.37. The van der Waals surface area contributed by atoms with Crippen molar-refractivity contribution in [2.24, 2.45) is 0 Å². The smallest absolute Gasteiger partial charge is 0.320 e. The van der Waals surface area contributed by atoms with Gasteiger partial charge in [0.1, 0.15) is 5.01 Å². The Labute approximate surface area is 118 Å². The predicted molar refractivity (Wildman–Crippen MR) is 76.7 cm³/mol. The molecule has 2 heterocycles. The molecule has 19 heavy (non-hydrogen) atoms. The van der Waals surface area contributed by atoms with Crippen molar-refractivity contribution in [3.8, 4) is 0 Å². The van der Waals surface area contributed by atoms with E-state index in [-0.39, 0.29) is 6.03 Å². The van der Waals surface area contributed by atoms with E-state index in [9.17, 15) is 4.79 Å². The van der Waals surface area contributed by atoms with E-state index in [2.05, 4.69) is 15.1 Å². The molecule has 1 saturated heterocycles. The molecule has 0 unspecified atom stereocenters. The molecule has 1 aliphatic heterocycles. The van der Waals surface area contributed by atoms with Gasteiger partial charge < -0.3 is 14.7 Å². The third-order valence-electron chi connectivity index (χ3n) is 3.37. The van der Waals surface area contributed by atoms with Crippen LogP contribution in [0.25, 0.3) is 0 Å². The summed E-state index contributed by atoms with van der Waals surface area (Å²) in [5.41, 5.74) is 0. The van der Waals surface area contributed by atoms with Crippen LogP contribution in [-0.2, 0) is 0 Å². The van der Waals surface area contributed by atoms with Gasteiger partial charge in [0, 0.05) is 39.3 Å². The van der Waals surface area contributed by atoms with Gasteiger partial charge in [-0.05, 0) is 20.8 Å². The molecule has 0 atom stereocenters. The minimum absolute atomic E-state index is 0.151. The molecule has 1 aromatic heterocycles. The van der Waals surface area contributed by atoms with Gasteiger partial charge in [-0.15, -0.1) is 10.2 Å². The first-order valence-electron chi connectivity index (χ1n) is 6.74. The molecule has 6 nitrogen and oxygen atoms in total. The van der Waals surface area contributed by atoms with Crippen LogP contribution in [0.1, 0.15) is 18.9 Å². The zero-order valence-corrected chi connectivity index (χ0v) is 12.6. The van der Waals surface area contributed by atoms with E-state index in [0.29, 0.717) is 0 Å². The summed E-state index contributed by atoms with van der Waals surface area (Å²) in [6.07, 6.45) is 0. The van der Waals surface area contributed by atoms with Crippen molar-refractivity contribution < 1.29 is 4.79 Å². The monoisotopic (exact) mass is 283 g/mol. The number of anilines is 1. The molecule has 7 heteroatoms. The molecule has 2 rings (SSSR count). The standard InChI is InChI=1S/C12H21N5OS/c1-4-15(5-2)12(18)17-8-6-16(7-9-17)11-14-13-10(3)19-11/h4-9H2,1-3H3. The summed E-state index contributed by atoms with van der Waals surface area (Å²) in [6, 6.07) is 0.151. The maximum atomic E-state index is 12.2. The third kappa shape index (κ3) is 3.15. The third-order valence-corrected chi connectivity index (χ3v) is 4.27. The first-order valence-corrected chi connectivity index (χ1v) is 7.56. The second kappa shape index (κ2) is 6.18. The number of urea groups is 1. The summed E-state index contributed by atoms with van der Waals surface area (Å²) in [6.45, 7) is 10.7. The Balaban J connectivity index is 1.90. The minimum atomic E-state index is 0.151. The van der Waals surface area contributed by atoms with Gasteiger partial charge in [0.05, 0.1) is 0 Å². The van der Waals surface area contributed by atoms with Crippen LogP contribution >= 0.6 is 11.3 Å². The van der Waals surface area contributed by atoms with Gasteiger partial charge >= 0.3 is 6.03 Å². The second-order valence-corrected chi connectivity index (χ2v) is 5.69. The highest BCUT2D eigenvalue weighted by atomic mass is 32.1. The van der Waals surface area contributed by atoms with Gasteiger partial charge in [-0.2, -0.15) is 0 Å². The maximum absolute atomic E-state index is 12.2. The fourth-order valence-electron chi connectivity index (χ4n) is 2.20. The molecule has 1 aromatic rings. The van der Waals surface area contributed by atoms with Crippen LogP contribution in [-0.4, -0.2) is 65.3 Å². The van der Waals surface area contributed by atoms with Crippen molar-refractivity contribution >= 4 is 22.5 Å². The van der Waals surface area contributed by atoms with Crippen LogP contribution in [0.4, 0.5) is 9.93 Å². The van der Waals surface area contributed by atoms with Crippen molar-refractivity contribution in [1.29, 1.82) is 0 Å². The van der Waals surface area contributed by atoms with Crippen molar-refractivity contribution in [3.05, 3.63) is 5.01 Å². The van der Waals surface area contributed by atoms with Crippen LogP contribution in [0.15, 0.2) is 0 Å². The SMILES string of the molecule is CCN(CC)C(=O)N1CCN(c2nnc(C)s2)CC1. The lowest BCUT2D eigenvalue weighted by atomic mass is 10.3. The molecule has 0 radical (unpaired) electrons. The van der Waals surface area contributed by atoms with E-state index in [1.54, 1.807) is 11.3 Å². The highest BCUT2D eigenvalue weighted by Gasteiger charge is 2.25. The highest BCUT2D eigenvalue weighted by Crippen LogP contribution is 2.21. The normalized spacial score (nSPS) is 15.7. The lowest BCUT2D eigenvalue weighted by Crippen LogP contribution is -2.52. The highest BCUT2D eigenvalue weighted by molar-refractivity contribution is 7.15. The number of aryl methyl sites for hydroxylation is 1. The number of hydrogen-bond donors (Lipinski definition) is 0. The minimum Gasteiger partial charge on any atom is -0.343 e. The zero-order chi connectivity index (χ0) is 13.8. The number of piperazine rings is 1. The maximum Gasteiger partial charge on any atom is 0.320 e. The van der Waals surface area contributed by atoms with E-state index in [1.165, 1.54) is 0 Å². The van der Waals surface area contributed by atoms with E-state index < -0.39 is 0 Å². The van der Waals surface area contributed by atoms with Crippen LogP contribution in [0.3, 0.4) is 0 Å². The van der Waals surface area contributed by atoms with E-state index in [0.717, 1.165) is 49.4 Å². The van der Waals surface area contributed by atoms with E-state index in [4.69, 9.17) is 0 Å². The first kappa shape index (κ1) is 14.0. The quantitative estimate of drug-likeness (QED) is 0.842. The molecule has 1 aliphatic rings. The van der Waals surface area contributed by atoms with E-state index in [1.807, 2.05) is 30.6 Å². The Morgan fingerprint density at radius 3 is 2.32 bits per heavy atom. The van der Waals surface area contributed by atoms with Crippen molar-refractivity contribution in [3.63, 3.8) is 0 Å². The molecule has 0 N–H and O–H groups in total. The van der Waals surface area contributed by atoms with Crippen molar-refractivity contribution in [1.82, 2.24) is 20.0 Å². The van der Waals surface area contributed by atoms with Crippen LogP contribution < -0.4 is 4.90 Å².